The summed E-state index contributed by atoms with van der Waals surface area (Å²) in [5, 5.41) is 8.73. The van der Waals surface area contributed by atoms with Crippen LogP contribution in [0.1, 0.15) is 19.8 Å². The first-order chi connectivity index (χ1) is 6.09. The van der Waals surface area contributed by atoms with Gasteiger partial charge in [-0.3, -0.25) is 4.79 Å². The average Bonchev–Trinajstić information content (AvgIpc) is 2.08. The highest BCUT2D eigenvalue weighted by atomic mass is 16.4. The number of carboxylic acids is 1. The van der Waals surface area contributed by atoms with E-state index in [4.69, 9.17) is 5.11 Å². The fraction of sp³-hybridized carbons (Fsp3) is 0.700. The van der Waals surface area contributed by atoms with Gasteiger partial charge in [0.2, 0.25) is 0 Å². The number of carbonyl (C=O) groups is 1. The molecule has 0 amide bonds. The molecule has 0 saturated carbocycles. The molecule has 1 N–H and O–H groups in total. The Morgan fingerprint density at radius 1 is 1.77 bits per heavy atom. The molecule has 1 unspecified atom stereocenters. The zero-order valence-electron chi connectivity index (χ0n) is 8.29. The molecule has 1 atom stereocenters. The zero-order valence-corrected chi connectivity index (χ0v) is 8.29. The molecule has 0 aromatic heterocycles. The molecule has 0 fully saturated rings. The van der Waals surface area contributed by atoms with E-state index in [0.717, 1.165) is 19.5 Å². The van der Waals surface area contributed by atoms with Crippen LogP contribution in [0.25, 0.3) is 0 Å². The second kappa shape index (κ2) is 4.42. The summed E-state index contributed by atoms with van der Waals surface area (Å²) in [6, 6.07) is 0. The average molecular weight is 183 g/mol. The molecule has 1 aliphatic rings. The summed E-state index contributed by atoms with van der Waals surface area (Å²) in [5.74, 6) is -0.936. The van der Waals surface area contributed by atoms with Crippen molar-refractivity contribution < 1.29 is 9.90 Å². The monoisotopic (exact) mass is 183 g/mol. The van der Waals surface area contributed by atoms with Crippen LogP contribution in [0.4, 0.5) is 0 Å². The van der Waals surface area contributed by atoms with E-state index in [1.54, 1.807) is 6.92 Å². The number of aliphatic carboxylic acids is 1. The maximum absolute atomic E-state index is 10.6. The molecule has 74 valence electrons. The predicted molar refractivity (Wildman–Crippen MR) is 51.6 cm³/mol. The number of carboxylic acid groups (broad SMARTS) is 1. The molecule has 0 spiro atoms. The molecule has 0 aromatic rings. The van der Waals surface area contributed by atoms with Crippen molar-refractivity contribution in [2.24, 2.45) is 5.92 Å². The van der Waals surface area contributed by atoms with Gasteiger partial charge in [0.05, 0.1) is 5.92 Å². The van der Waals surface area contributed by atoms with E-state index in [1.807, 2.05) is 0 Å². The van der Waals surface area contributed by atoms with E-state index in [1.165, 1.54) is 5.57 Å². The van der Waals surface area contributed by atoms with Crippen LogP contribution < -0.4 is 0 Å². The maximum Gasteiger partial charge on any atom is 0.306 e. The summed E-state index contributed by atoms with van der Waals surface area (Å²) in [5.41, 5.74) is 1.30. The van der Waals surface area contributed by atoms with Crippen LogP contribution in [-0.4, -0.2) is 36.1 Å². The molecule has 1 rings (SSSR count). The van der Waals surface area contributed by atoms with Crippen molar-refractivity contribution in [3.63, 3.8) is 0 Å². The van der Waals surface area contributed by atoms with Crippen LogP contribution in [0.5, 0.6) is 0 Å². The third-order valence-corrected chi connectivity index (χ3v) is 2.50. The summed E-state index contributed by atoms with van der Waals surface area (Å²) in [4.78, 5) is 12.8. The second-order valence-electron chi connectivity index (χ2n) is 3.82. The third-order valence-electron chi connectivity index (χ3n) is 2.50. The van der Waals surface area contributed by atoms with Crippen molar-refractivity contribution in [3.8, 4) is 0 Å². The lowest BCUT2D eigenvalue weighted by molar-refractivity contribution is -0.141. The predicted octanol–water partition coefficient (Wildman–Crippen LogP) is 1.36. The quantitative estimate of drug-likeness (QED) is 0.672. The molecule has 0 radical (unpaired) electrons. The van der Waals surface area contributed by atoms with E-state index >= 15 is 0 Å². The fourth-order valence-electron chi connectivity index (χ4n) is 1.48. The molecule has 0 bridgehead atoms. The first kappa shape index (κ1) is 10.3. The molecular weight excluding hydrogens is 166 g/mol. The second-order valence-corrected chi connectivity index (χ2v) is 3.82. The number of rotatable bonds is 3. The smallest absolute Gasteiger partial charge is 0.306 e. The molecule has 0 aromatic carbocycles. The third kappa shape index (κ3) is 3.19. The number of nitrogens with zero attached hydrogens (tertiary/aromatic N) is 1. The van der Waals surface area contributed by atoms with Crippen LogP contribution in [0, 0.1) is 5.92 Å². The topological polar surface area (TPSA) is 40.5 Å². The number of likely N-dealkylation sites (N-methyl/N-ethyl adjacent to an activating group) is 1. The molecule has 0 saturated heterocycles. The van der Waals surface area contributed by atoms with Crippen molar-refractivity contribution in [3.05, 3.63) is 11.6 Å². The Bertz CT molecular complexity index is 223. The van der Waals surface area contributed by atoms with Crippen LogP contribution in [0.3, 0.4) is 0 Å². The van der Waals surface area contributed by atoms with Gasteiger partial charge < -0.3 is 10.0 Å². The largest absolute Gasteiger partial charge is 0.481 e. The van der Waals surface area contributed by atoms with Crippen LogP contribution in [-0.2, 0) is 4.79 Å². The highest BCUT2D eigenvalue weighted by Gasteiger charge is 2.15. The molecule has 1 heterocycles. The van der Waals surface area contributed by atoms with Gasteiger partial charge in [0, 0.05) is 13.1 Å². The Balaban J connectivity index is 2.41. The van der Waals surface area contributed by atoms with Gasteiger partial charge in [0.1, 0.15) is 0 Å². The van der Waals surface area contributed by atoms with Crippen molar-refractivity contribution >= 4 is 5.97 Å². The molecule has 3 nitrogen and oxygen atoms in total. The fourth-order valence-corrected chi connectivity index (χ4v) is 1.48. The van der Waals surface area contributed by atoms with Gasteiger partial charge >= 0.3 is 5.97 Å². The molecular formula is C10H17NO2. The molecule has 0 aliphatic carbocycles. The van der Waals surface area contributed by atoms with Crippen molar-refractivity contribution in [1.29, 1.82) is 0 Å². The summed E-state index contributed by atoms with van der Waals surface area (Å²) < 4.78 is 0. The summed E-state index contributed by atoms with van der Waals surface area (Å²) in [6.45, 7) is 3.78. The summed E-state index contributed by atoms with van der Waals surface area (Å²) >= 11 is 0. The first-order valence-electron chi connectivity index (χ1n) is 4.69. The van der Waals surface area contributed by atoms with Gasteiger partial charge in [0.15, 0.2) is 0 Å². The lowest BCUT2D eigenvalue weighted by Crippen LogP contribution is -2.25. The van der Waals surface area contributed by atoms with E-state index < -0.39 is 5.97 Å². The minimum atomic E-state index is -0.695. The minimum Gasteiger partial charge on any atom is -0.481 e. The number of hydrogen-bond acceptors (Lipinski definition) is 2. The first-order valence-corrected chi connectivity index (χ1v) is 4.69. The normalized spacial score (nSPS) is 20.9. The van der Waals surface area contributed by atoms with E-state index in [9.17, 15) is 4.79 Å². The summed E-state index contributed by atoms with van der Waals surface area (Å²) in [6.07, 6.45) is 3.89. The Hall–Kier alpha value is -0.830. The van der Waals surface area contributed by atoms with Gasteiger partial charge in [0.25, 0.3) is 0 Å². The van der Waals surface area contributed by atoms with E-state index in [0.29, 0.717) is 6.42 Å². The Morgan fingerprint density at radius 2 is 2.46 bits per heavy atom. The Morgan fingerprint density at radius 3 is 2.92 bits per heavy atom. The Labute approximate surface area is 79.0 Å². The SMILES string of the molecule is CC(CC1=CCN(C)CC1)C(=O)O. The molecule has 13 heavy (non-hydrogen) atoms. The van der Waals surface area contributed by atoms with Gasteiger partial charge in [-0.05, 0) is 19.9 Å². The van der Waals surface area contributed by atoms with Gasteiger partial charge in [-0.25, -0.2) is 0 Å². The highest BCUT2D eigenvalue weighted by Crippen LogP contribution is 2.18. The summed E-state index contributed by atoms with van der Waals surface area (Å²) in [7, 11) is 2.08. The molecule has 3 heteroatoms. The van der Waals surface area contributed by atoms with E-state index in [-0.39, 0.29) is 5.92 Å². The van der Waals surface area contributed by atoms with Gasteiger partial charge in [-0.1, -0.05) is 18.6 Å². The van der Waals surface area contributed by atoms with Crippen molar-refractivity contribution in [2.75, 3.05) is 20.1 Å². The molecule has 1 aliphatic heterocycles. The Kier molecular flexibility index (Phi) is 3.48. The lowest BCUT2D eigenvalue weighted by Gasteiger charge is -2.22. The van der Waals surface area contributed by atoms with Crippen LogP contribution in [0.2, 0.25) is 0 Å². The van der Waals surface area contributed by atoms with Gasteiger partial charge in [-0.2, -0.15) is 0 Å². The number of hydrogen-bond donors (Lipinski definition) is 1. The highest BCUT2D eigenvalue weighted by molar-refractivity contribution is 5.69. The van der Waals surface area contributed by atoms with Crippen molar-refractivity contribution in [1.82, 2.24) is 4.90 Å². The van der Waals surface area contributed by atoms with Crippen molar-refractivity contribution in [2.45, 2.75) is 19.8 Å². The van der Waals surface area contributed by atoms with Crippen LogP contribution >= 0.6 is 0 Å². The maximum atomic E-state index is 10.6. The van der Waals surface area contributed by atoms with E-state index in [2.05, 4.69) is 18.0 Å². The minimum absolute atomic E-state index is 0.241. The van der Waals surface area contributed by atoms with Crippen LogP contribution in [0.15, 0.2) is 11.6 Å². The lowest BCUT2D eigenvalue weighted by atomic mass is 9.97. The zero-order chi connectivity index (χ0) is 9.84. The van der Waals surface area contributed by atoms with Gasteiger partial charge in [-0.15, -0.1) is 0 Å². The standard InChI is InChI=1S/C10H17NO2/c1-8(10(12)13)7-9-3-5-11(2)6-4-9/h3,8H,4-7H2,1-2H3,(H,12,13).